The molecule has 0 amide bonds. The summed E-state index contributed by atoms with van der Waals surface area (Å²) < 4.78 is 0.216. The van der Waals surface area contributed by atoms with Crippen molar-refractivity contribution in [3.05, 3.63) is 0 Å². The summed E-state index contributed by atoms with van der Waals surface area (Å²) in [5, 5.41) is 3.36. The van der Waals surface area contributed by atoms with Crippen molar-refractivity contribution in [3.63, 3.8) is 0 Å². The van der Waals surface area contributed by atoms with Crippen molar-refractivity contribution in [3.8, 4) is 0 Å². The molecule has 0 spiro atoms. The van der Waals surface area contributed by atoms with E-state index >= 15 is 0 Å². The van der Waals surface area contributed by atoms with Crippen molar-refractivity contribution in [2.45, 2.75) is 64.8 Å². The fourth-order valence-electron chi connectivity index (χ4n) is 1.12. The second kappa shape index (κ2) is 5.35. The highest BCUT2D eigenvalue weighted by Crippen LogP contribution is 2.24. The van der Waals surface area contributed by atoms with Crippen LogP contribution in [0, 0.1) is 0 Å². The van der Waals surface area contributed by atoms with Crippen molar-refractivity contribution in [1.82, 2.24) is 5.32 Å². The first-order valence-electron chi connectivity index (χ1n) is 5.43. The van der Waals surface area contributed by atoms with Crippen LogP contribution in [0.25, 0.3) is 0 Å². The van der Waals surface area contributed by atoms with Gasteiger partial charge in [-0.05, 0) is 27.7 Å². The monoisotopic (exact) mass is 231 g/mol. The van der Waals surface area contributed by atoms with Gasteiger partial charge in [-0.2, -0.15) is 11.8 Å². The number of hydrogen-bond donors (Lipinski definition) is 1. The van der Waals surface area contributed by atoms with Crippen molar-refractivity contribution >= 4 is 17.5 Å². The van der Waals surface area contributed by atoms with Crippen LogP contribution in [0.3, 0.4) is 0 Å². The summed E-state index contributed by atoms with van der Waals surface area (Å²) in [6.07, 6.45) is 0. The van der Waals surface area contributed by atoms with Crippen molar-refractivity contribution in [2.24, 2.45) is 0 Å². The molecule has 0 fully saturated rings. The van der Waals surface area contributed by atoms with E-state index in [0.29, 0.717) is 0 Å². The summed E-state index contributed by atoms with van der Waals surface area (Å²) in [5.41, 5.74) is -0.00518. The van der Waals surface area contributed by atoms with Gasteiger partial charge in [-0.1, -0.05) is 20.8 Å². The lowest BCUT2D eigenvalue weighted by Gasteiger charge is -2.29. The maximum absolute atomic E-state index is 11.5. The Hall–Kier alpha value is -0.0200. The van der Waals surface area contributed by atoms with E-state index < -0.39 is 0 Å². The SMILES string of the molecule is CC(=O)C(CSC(C)(C)C)NC(C)(C)C. The third kappa shape index (κ3) is 8.94. The number of carbonyl (C=O) groups is 1. The van der Waals surface area contributed by atoms with Gasteiger partial charge in [0.2, 0.25) is 0 Å². The molecular formula is C12H25NOS. The highest BCUT2D eigenvalue weighted by molar-refractivity contribution is 8.00. The van der Waals surface area contributed by atoms with E-state index in [1.165, 1.54) is 0 Å². The zero-order chi connectivity index (χ0) is 12.3. The summed E-state index contributed by atoms with van der Waals surface area (Å²) >= 11 is 1.83. The largest absolute Gasteiger partial charge is 0.302 e. The first-order valence-corrected chi connectivity index (χ1v) is 6.42. The lowest BCUT2D eigenvalue weighted by atomic mass is 10.1. The van der Waals surface area contributed by atoms with Crippen LogP contribution in [0.15, 0.2) is 0 Å². The molecule has 1 N–H and O–H groups in total. The molecule has 0 heterocycles. The zero-order valence-corrected chi connectivity index (χ0v) is 11.9. The average Bonchev–Trinajstić information content (AvgIpc) is 1.93. The van der Waals surface area contributed by atoms with Gasteiger partial charge in [0.1, 0.15) is 5.78 Å². The van der Waals surface area contributed by atoms with E-state index in [1.807, 2.05) is 11.8 Å². The van der Waals surface area contributed by atoms with Crippen LogP contribution in [0.5, 0.6) is 0 Å². The van der Waals surface area contributed by atoms with E-state index in [0.717, 1.165) is 5.75 Å². The molecular weight excluding hydrogens is 206 g/mol. The summed E-state index contributed by atoms with van der Waals surface area (Å²) in [6.45, 7) is 14.4. The molecule has 0 saturated carbocycles. The topological polar surface area (TPSA) is 29.1 Å². The standard InChI is InChI=1S/C12H25NOS/c1-9(14)10(13-11(2,3)4)8-15-12(5,6)7/h10,13H,8H2,1-7H3. The van der Waals surface area contributed by atoms with Crippen LogP contribution in [0.4, 0.5) is 0 Å². The van der Waals surface area contributed by atoms with Crippen LogP contribution in [-0.4, -0.2) is 27.9 Å². The van der Waals surface area contributed by atoms with Gasteiger partial charge in [0.25, 0.3) is 0 Å². The second-order valence-electron chi connectivity index (χ2n) is 5.98. The second-order valence-corrected chi connectivity index (χ2v) is 7.83. The molecule has 2 nitrogen and oxygen atoms in total. The number of thioether (sulfide) groups is 1. The van der Waals surface area contributed by atoms with Crippen molar-refractivity contribution < 1.29 is 4.79 Å². The minimum absolute atomic E-state index is 0.00518. The van der Waals surface area contributed by atoms with Gasteiger partial charge >= 0.3 is 0 Å². The van der Waals surface area contributed by atoms with Crippen molar-refractivity contribution in [2.75, 3.05) is 5.75 Å². The van der Waals surface area contributed by atoms with Crippen LogP contribution in [0.2, 0.25) is 0 Å². The van der Waals surface area contributed by atoms with Crippen LogP contribution in [0.1, 0.15) is 48.5 Å². The molecule has 15 heavy (non-hydrogen) atoms. The molecule has 0 saturated heterocycles. The molecule has 1 unspecified atom stereocenters. The van der Waals surface area contributed by atoms with Gasteiger partial charge in [0, 0.05) is 16.0 Å². The predicted octanol–water partition coefficient (Wildman–Crippen LogP) is 2.86. The predicted molar refractivity (Wildman–Crippen MR) is 69.6 cm³/mol. The molecule has 0 aromatic rings. The number of carbonyl (C=O) groups excluding carboxylic acids is 1. The maximum atomic E-state index is 11.5. The summed E-state index contributed by atoms with van der Waals surface area (Å²) in [5.74, 6) is 1.07. The first-order chi connectivity index (χ1) is 6.51. The van der Waals surface area contributed by atoms with Gasteiger partial charge in [-0.25, -0.2) is 0 Å². The molecule has 3 heteroatoms. The molecule has 0 bridgehead atoms. The zero-order valence-electron chi connectivity index (χ0n) is 11.1. The molecule has 0 rings (SSSR count). The quantitative estimate of drug-likeness (QED) is 0.806. The van der Waals surface area contributed by atoms with Gasteiger partial charge < -0.3 is 5.32 Å². The molecule has 0 aromatic carbocycles. The molecule has 0 aliphatic heterocycles. The van der Waals surface area contributed by atoms with Gasteiger partial charge in [0.15, 0.2) is 0 Å². The third-order valence-electron chi connectivity index (χ3n) is 1.78. The highest BCUT2D eigenvalue weighted by atomic mass is 32.2. The Labute approximate surface area is 98.6 Å². The third-order valence-corrected chi connectivity index (χ3v) is 3.15. The van der Waals surface area contributed by atoms with Crippen LogP contribution >= 0.6 is 11.8 Å². The molecule has 90 valence electrons. The van der Waals surface area contributed by atoms with Gasteiger partial charge in [-0.3, -0.25) is 4.79 Å². The Morgan fingerprint density at radius 1 is 1.20 bits per heavy atom. The van der Waals surface area contributed by atoms with Crippen LogP contribution < -0.4 is 5.32 Å². The molecule has 0 aliphatic rings. The maximum Gasteiger partial charge on any atom is 0.147 e. The minimum atomic E-state index is -0.0331. The molecule has 0 aromatic heterocycles. The number of hydrogen-bond acceptors (Lipinski definition) is 3. The Bertz CT molecular complexity index is 213. The van der Waals surface area contributed by atoms with Crippen LogP contribution in [-0.2, 0) is 4.79 Å². The number of ketones is 1. The van der Waals surface area contributed by atoms with E-state index in [9.17, 15) is 4.79 Å². The van der Waals surface area contributed by atoms with E-state index in [-0.39, 0.29) is 22.1 Å². The number of rotatable bonds is 4. The Morgan fingerprint density at radius 3 is 1.93 bits per heavy atom. The van der Waals surface area contributed by atoms with Crippen molar-refractivity contribution in [1.29, 1.82) is 0 Å². The normalized spacial score (nSPS) is 15.1. The van der Waals surface area contributed by atoms with Gasteiger partial charge in [0.05, 0.1) is 6.04 Å². The molecule has 0 aliphatic carbocycles. The summed E-state index contributed by atoms with van der Waals surface area (Å²) in [7, 11) is 0. The fourth-order valence-corrected chi connectivity index (χ4v) is 2.10. The summed E-state index contributed by atoms with van der Waals surface area (Å²) in [6, 6.07) is -0.0331. The Balaban J connectivity index is 4.25. The smallest absolute Gasteiger partial charge is 0.147 e. The van der Waals surface area contributed by atoms with E-state index in [1.54, 1.807) is 6.92 Å². The van der Waals surface area contributed by atoms with E-state index in [2.05, 4.69) is 46.9 Å². The molecule has 1 atom stereocenters. The molecule has 0 radical (unpaired) electrons. The summed E-state index contributed by atoms with van der Waals surface area (Å²) in [4.78, 5) is 11.5. The minimum Gasteiger partial charge on any atom is -0.302 e. The first kappa shape index (κ1) is 15.0. The lowest BCUT2D eigenvalue weighted by molar-refractivity contribution is -0.118. The lowest BCUT2D eigenvalue weighted by Crippen LogP contribution is -2.48. The number of nitrogens with one attached hydrogen (secondary N) is 1. The van der Waals surface area contributed by atoms with Gasteiger partial charge in [-0.15, -0.1) is 0 Å². The highest BCUT2D eigenvalue weighted by Gasteiger charge is 2.23. The average molecular weight is 231 g/mol. The Morgan fingerprint density at radius 2 is 1.67 bits per heavy atom. The fraction of sp³-hybridized carbons (Fsp3) is 0.917. The Kier molecular flexibility index (Phi) is 5.34. The number of Topliss-reactive ketones (excluding diaryl/α,β-unsaturated/α-hetero) is 1. The van der Waals surface area contributed by atoms with E-state index in [4.69, 9.17) is 0 Å².